The standard InChI is InChI=1S/C18H21N7/c1-10-8-11(2)25-18(21-10)15(9-20-25)17-19-6-7-24(17)14(5)16-12(3)22-23-13(16)4/h6-9,14H,1-5H3,(H,22,23). The molecule has 1 atom stereocenters. The third kappa shape index (κ3) is 2.34. The highest BCUT2D eigenvalue weighted by atomic mass is 15.3. The first-order chi connectivity index (χ1) is 12.0. The van der Waals surface area contributed by atoms with Crippen molar-refractivity contribution in [2.24, 2.45) is 0 Å². The van der Waals surface area contributed by atoms with Gasteiger partial charge in [-0.1, -0.05) is 0 Å². The van der Waals surface area contributed by atoms with Crippen LogP contribution >= 0.6 is 0 Å². The van der Waals surface area contributed by atoms with E-state index >= 15 is 0 Å². The Morgan fingerprint density at radius 1 is 1.16 bits per heavy atom. The second-order valence-corrected chi connectivity index (χ2v) is 6.51. The molecule has 0 fully saturated rings. The van der Waals surface area contributed by atoms with E-state index in [0.717, 1.165) is 39.8 Å². The van der Waals surface area contributed by atoms with Crippen molar-refractivity contribution in [3.8, 4) is 11.4 Å². The van der Waals surface area contributed by atoms with Crippen LogP contribution in [-0.2, 0) is 0 Å². The fourth-order valence-corrected chi connectivity index (χ4v) is 3.58. The van der Waals surface area contributed by atoms with Crippen molar-refractivity contribution in [3.05, 3.63) is 53.0 Å². The minimum atomic E-state index is 0.108. The number of hydrogen-bond acceptors (Lipinski definition) is 4. The first kappa shape index (κ1) is 15.6. The van der Waals surface area contributed by atoms with Crippen molar-refractivity contribution in [1.82, 2.24) is 34.3 Å². The monoisotopic (exact) mass is 335 g/mol. The summed E-state index contributed by atoms with van der Waals surface area (Å²) in [7, 11) is 0. The second-order valence-electron chi connectivity index (χ2n) is 6.51. The van der Waals surface area contributed by atoms with Crippen LogP contribution in [0.3, 0.4) is 0 Å². The summed E-state index contributed by atoms with van der Waals surface area (Å²) >= 11 is 0. The number of nitrogens with one attached hydrogen (secondary N) is 1. The van der Waals surface area contributed by atoms with Crippen molar-refractivity contribution in [2.75, 3.05) is 0 Å². The fourth-order valence-electron chi connectivity index (χ4n) is 3.58. The molecule has 7 heteroatoms. The van der Waals surface area contributed by atoms with E-state index in [0.29, 0.717) is 0 Å². The molecule has 0 spiro atoms. The highest BCUT2D eigenvalue weighted by Gasteiger charge is 2.21. The number of nitrogens with zero attached hydrogens (tertiary/aromatic N) is 6. The Morgan fingerprint density at radius 2 is 1.96 bits per heavy atom. The molecule has 1 unspecified atom stereocenters. The molecule has 4 aromatic heterocycles. The van der Waals surface area contributed by atoms with E-state index in [4.69, 9.17) is 0 Å². The van der Waals surface area contributed by atoms with Gasteiger partial charge in [0, 0.05) is 35.0 Å². The van der Waals surface area contributed by atoms with Gasteiger partial charge in [-0.25, -0.2) is 14.5 Å². The van der Waals surface area contributed by atoms with Crippen LogP contribution in [0.2, 0.25) is 0 Å². The molecule has 0 aliphatic carbocycles. The van der Waals surface area contributed by atoms with Crippen molar-refractivity contribution in [1.29, 1.82) is 0 Å². The second kappa shape index (κ2) is 5.54. The lowest BCUT2D eigenvalue weighted by Crippen LogP contribution is -2.09. The molecule has 1 N–H and O–H groups in total. The molecule has 0 saturated heterocycles. The zero-order valence-corrected chi connectivity index (χ0v) is 15.1. The van der Waals surface area contributed by atoms with Gasteiger partial charge in [0.2, 0.25) is 0 Å². The van der Waals surface area contributed by atoms with Crippen LogP contribution in [0.1, 0.15) is 41.3 Å². The van der Waals surface area contributed by atoms with Crippen LogP contribution in [0.5, 0.6) is 0 Å². The number of rotatable bonds is 3. The molecule has 0 radical (unpaired) electrons. The molecule has 0 aliphatic rings. The molecule has 128 valence electrons. The van der Waals surface area contributed by atoms with Gasteiger partial charge in [0.1, 0.15) is 5.82 Å². The number of aromatic amines is 1. The summed E-state index contributed by atoms with van der Waals surface area (Å²) in [5, 5.41) is 11.9. The lowest BCUT2D eigenvalue weighted by Gasteiger charge is -2.16. The van der Waals surface area contributed by atoms with Crippen LogP contribution in [0.15, 0.2) is 24.7 Å². The van der Waals surface area contributed by atoms with Crippen LogP contribution in [0.4, 0.5) is 0 Å². The Morgan fingerprint density at radius 3 is 2.68 bits per heavy atom. The Balaban J connectivity index is 1.89. The quantitative estimate of drug-likeness (QED) is 0.624. The average molecular weight is 335 g/mol. The summed E-state index contributed by atoms with van der Waals surface area (Å²) in [4.78, 5) is 9.28. The highest BCUT2D eigenvalue weighted by Crippen LogP contribution is 2.30. The molecule has 0 saturated carbocycles. The van der Waals surface area contributed by atoms with Gasteiger partial charge in [0.15, 0.2) is 5.65 Å². The first-order valence-corrected chi connectivity index (χ1v) is 8.34. The minimum Gasteiger partial charge on any atom is -0.323 e. The van der Waals surface area contributed by atoms with E-state index in [2.05, 4.69) is 36.8 Å². The van der Waals surface area contributed by atoms with Crippen molar-refractivity contribution < 1.29 is 0 Å². The molecular formula is C18H21N7. The molecule has 7 nitrogen and oxygen atoms in total. The Labute approximate surface area is 145 Å². The summed E-state index contributed by atoms with van der Waals surface area (Å²) < 4.78 is 4.02. The predicted octanol–water partition coefficient (Wildman–Crippen LogP) is 3.16. The topological polar surface area (TPSA) is 76.7 Å². The molecule has 0 bridgehead atoms. The van der Waals surface area contributed by atoms with Crippen molar-refractivity contribution >= 4 is 5.65 Å². The van der Waals surface area contributed by atoms with Crippen LogP contribution in [0, 0.1) is 27.7 Å². The lowest BCUT2D eigenvalue weighted by molar-refractivity contribution is 0.639. The van der Waals surface area contributed by atoms with E-state index in [1.807, 2.05) is 56.9 Å². The Kier molecular flexibility index (Phi) is 3.45. The predicted molar refractivity (Wildman–Crippen MR) is 95.6 cm³/mol. The van der Waals surface area contributed by atoms with Gasteiger partial charge in [-0.3, -0.25) is 5.10 Å². The highest BCUT2D eigenvalue weighted by molar-refractivity contribution is 5.73. The number of imidazole rings is 1. The smallest absolute Gasteiger partial charge is 0.166 e. The number of fused-ring (bicyclic) bond motifs is 1. The Bertz CT molecular complexity index is 1050. The lowest BCUT2D eigenvalue weighted by atomic mass is 10.1. The zero-order valence-electron chi connectivity index (χ0n) is 15.1. The number of aryl methyl sites for hydroxylation is 4. The molecule has 25 heavy (non-hydrogen) atoms. The number of H-pyrrole nitrogens is 1. The van der Waals surface area contributed by atoms with Crippen LogP contribution in [-0.4, -0.2) is 34.3 Å². The van der Waals surface area contributed by atoms with Gasteiger partial charge in [-0.2, -0.15) is 10.2 Å². The van der Waals surface area contributed by atoms with Crippen molar-refractivity contribution in [2.45, 2.75) is 40.7 Å². The third-order valence-corrected chi connectivity index (χ3v) is 4.71. The maximum absolute atomic E-state index is 4.68. The van der Waals surface area contributed by atoms with E-state index in [9.17, 15) is 0 Å². The zero-order chi connectivity index (χ0) is 17.7. The summed E-state index contributed by atoms with van der Waals surface area (Å²) in [5.41, 5.74) is 7.07. The summed E-state index contributed by atoms with van der Waals surface area (Å²) in [6.07, 6.45) is 5.66. The minimum absolute atomic E-state index is 0.108. The summed E-state index contributed by atoms with van der Waals surface area (Å²) in [5.74, 6) is 0.861. The molecule has 0 aromatic carbocycles. The van der Waals surface area contributed by atoms with Gasteiger partial charge in [0.25, 0.3) is 0 Å². The largest absolute Gasteiger partial charge is 0.323 e. The average Bonchev–Trinajstić information content (AvgIpc) is 3.25. The number of aromatic nitrogens is 7. The maximum Gasteiger partial charge on any atom is 0.166 e. The molecule has 4 heterocycles. The van der Waals surface area contributed by atoms with E-state index in [-0.39, 0.29) is 6.04 Å². The van der Waals surface area contributed by atoms with Crippen LogP contribution in [0.25, 0.3) is 17.0 Å². The third-order valence-electron chi connectivity index (χ3n) is 4.71. The van der Waals surface area contributed by atoms with Gasteiger partial charge in [-0.15, -0.1) is 0 Å². The normalized spacial score (nSPS) is 12.8. The molecular weight excluding hydrogens is 314 g/mol. The van der Waals surface area contributed by atoms with Gasteiger partial charge in [0.05, 0.1) is 23.5 Å². The molecule has 0 aliphatic heterocycles. The fraction of sp³-hybridized carbons (Fsp3) is 0.333. The molecule has 4 rings (SSSR count). The molecule has 4 aromatic rings. The first-order valence-electron chi connectivity index (χ1n) is 8.34. The summed E-state index contributed by atoms with van der Waals surface area (Å²) in [6.45, 7) is 10.3. The SMILES string of the molecule is Cc1cc(C)n2ncc(-c3nccn3C(C)c3c(C)n[nH]c3C)c2n1. The number of hydrogen-bond donors (Lipinski definition) is 1. The van der Waals surface area contributed by atoms with Crippen LogP contribution < -0.4 is 0 Å². The van der Waals surface area contributed by atoms with E-state index in [1.54, 1.807) is 0 Å². The van der Waals surface area contributed by atoms with Gasteiger partial charge >= 0.3 is 0 Å². The Hall–Kier alpha value is -2.96. The molecule has 0 amide bonds. The maximum atomic E-state index is 4.68. The van der Waals surface area contributed by atoms with Crippen molar-refractivity contribution in [3.63, 3.8) is 0 Å². The van der Waals surface area contributed by atoms with Gasteiger partial charge in [-0.05, 0) is 40.7 Å². The van der Waals surface area contributed by atoms with E-state index in [1.165, 1.54) is 5.56 Å². The summed E-state index contributed by atoms with van der Waals surface area (Å²) in [6, 6.07) is 2.13. The van der Waals surface area contributed by atoms with Gasteiger partial charge < -0.3 is 4.57 Å². The van der Waals surface area contributed by atoms with E-state index < -0.39 is 0 Å².